The fourth-order valence-electron chi connectivity index (χ4n) is 2.18. The second-order valence-corrected chi connectivity index (χ2v) is 7.55. The SMILES string of the molecule is CC(=O)OCC1=C(C(=O)O)N2C(=O)[C@@](N)(S(N)(=O)=O)[C@H]2SC1. The van der Waals surface area contributed by atoms with Crippen LogP contribution < -0.4 is 10.9 Å². The molecule has 22 heavy (non-hydrogen) atoms. The summed E-state index contributed by atoms with van der Waals surface area (Å²) < 4.78 is 27.8. The molecule has 2 aliphatic heterocycles. The second kappa shape index (κ2) is 5.22. The largest absolute Gasteiger partial charge is 0.477 e. The topological polar surface area (TPSA) is 170 Å². The van der Waals surface area contributed by atoms with Crippen LogP contribution in [-0.4, -0.2) is 58.9 Å². The highest BCUT2D eigenvalue weighted by molar-refractivity contribution is 8.02. The molecule has 0 aromatic carbocycles. The Kier molecular flexibility index (Phi) is 3.97. The number of amides is 1. The molecule has 0 spiro atoms. The summed E-state index contributed by atoms with van der Waals surface area (Å²) in [6, 6.07) is 0. The predicted octanol–water partition coefficient (Wildman–Crippen LogP) is -2.25. The van der Waals surface area contributed by atoms with E-state index < -0.39 is 43.8 Å². The van der Waals surface area contributed by atoms with Gasteiger partial charge in [0.2, 0.25) is 14.9 Å². The second-order valence-electron chi connectivity index (χ2n) is 4.71. The Balaban J connectivity index is 2.41. The quantitative estimate of drug-likeness (QED) is 0.374. The van der Waals surface area contributed by atoms with Gasteiger partial charge in [0.05, 0.1) is 0 Å². The zero-order valence-electron chi connectivity index (χ0n) is 11.3. The van der Waals surface area contributed by atoms with Crippen molar-refractivity contribution in [2.24, 2.45) is 10.9 Å². The molecule has 0 radical (unpaired) electrons. The summed E-state index contributed by atoms with van der Waals surface area (Å²) in [5.41, 5.74) is 5.33. The number of nitrogens with two attached hydrogens (primary N) is 2. The molecule has 0 saturated carbocycles. The lowest BCUT2D eigenvalue weighted by atomic mass is 10.0. The molecule has 2 rings (SSSR count). The molecule has 0 aliphatic carbocycles. The van der Waals surface area contributed by atoms with Crippen LogP contribution in [0.3, 0.4) is 0 Å². The van der Waals surface area contributed by atoms with Crippen LogP contribution in [0.15, 0.2) is 11.3 Å². The number of sulfonamides is 1. The van der Waals surface area contributed by atoms with E-state index in [1.54, 1.807) is 0 Å². The van der Waals surface area contributed by atoms with E-state index >= 15 is 0 Å². The molecule has 10 nitrogen and oxygen atoms in total. The first-order valence-corrected chi connectivity index (χ1v) is 8.46. The number of thioether (sulfide) groups is 1. The van der Waals surface area contributed by atoms with Crippen LogP contribution in [0.4, 0.5) is 0 Å². The molecule has 2 heterocycles. The molecule has 1 fully saturated rings. The van der Waals surface area contributed by atoms with E-state index in [9.17, 15) is 27.9 Å². The van der Waals surface area contributed by atoms with Crippen molar-refractivity contribution in [2.75, 3.05) is 12.4 Å². The molecule has 2 aliphatic rings. The predicted molar refractivity (Wildman–Crippen MR) is 74.4 cm³/mol. The number of esters is 1. The van der Waals surface area contributed by atoms with Crippen molar-refractivity contribution in [3.8, 4) is 0 Å². The van der Waals surface area contributed by atoms with Gasteiger partial charge in [0.25, 0.3) is 5.91 Å². The van der Waals surface area contributed by atoms with Crippen LogP contribution in [-0.2, 0) is 29.1 Å². The van der Waals surface area contributed by atoms with E-state index in [1.807, 2.05) is 0 Å². The Hall–Kier alpha value is -1.63. The van der Waals surface area contributed by atoms with Crippen molar-refractivity contribution in [1.82, 2.24) is 4.90 Å². The number of primary sulfonamides is 1. The number of carbonyl (C=O) groups excluding carboxylic acids is 2. The number of hydrogen-bond acceptors (Lipinski definition) is 8. The molecule has 12 heteroatoms. The molecule has 1 amide bonds. The lowest BCUT2D eigenvalue weighted by molar-refractivity contribution is -0.150. The number of rotatable bonds is 4. The number of ether oxygens (including phenoxy) is 1. The summed E-state index contributed by atoms with van der Waals surface area (Å²) in [7, 11) is -4.41. The number of aliphatic carboxylic acids is 1. The van der Waals surface area contributed by atoms with Gasteiger partial charge in [-0.25, -0.2) is 18.4 Å². The first-order valence-electron chi connectivity index (χ1n) is 5.87. The molecule has 5 N–H and O–H groups in total. The van der Waals surface area contributed by atoms with Crippen LogP contribution in [0.5, 0.6) is 0 Å². The summed E-state index contributed by atoms with van der Waals surface area (Å²) in [4.78, 5) is 32.7. The molecular weight excluding hydrogens is 338 g/mol. The van der Waals surface area contributed by atoms with Crippen molar-refractivity contribution < 1.29 is 32.6 Å². The first kappa shape index (κ1) is 16.7. The number of carboxylic acid groups (broad SMARTS) is 1. The first-order chi connectivity index (χ1) is 10.0. The third-order valence-electron chi connectivity index (χ3n) is 3.27. The van der Waals surface area contributed by atoms with E-state index in [4.69, 9.17) is 15.6 Å². The van der Waals surface area contributed by atoms with Crippen molar-refractivity contribution in [3.63, 3.8) is 0 Å². The lowest BCUT2D eigenvalue weighted by Crippen LogP contribution is -2.82. The zero-order valence-corrected chi connectivity index (χ0v) is 12.9. The van der Waals surface area contributed by atoms with E-state index in [-0.39, 0.29) is 17.9 Å². The van der Waals surface area contributed by atoms with Gasteiger partial charge in [-0.2, -0.15) is 0 Å². The maximum Gasteiger partial charge on any atom is 0.352 e. The minimum atomic E-state index is -4.41. The summed E-state index contributed by atoms with van der Waals surface area (Å²) in [5, 5.41) is 13.1. The Morgan fingerprint density at radius 1 is 1.55 bits per heavy atom. The van der Waals surface area contributed by atoms with Gasteiger partial charge in [-0.3, -0.25) is 14.5 Å². The van der Waals surface area contributed by atoms with Crippen molar-refractivity contribution >= 4 is 39.6 Å². The van der Waals surface area contributed by atoms with Crippen LogP contribution in [0.1, 0.15) is 6.92 Å². The zero-order chi connectivity index (χ0) is 16.9. The molecule has 0 aromatic heterocycles. The summed E-state index contributed by atoms with van der Waals surface area (Å²) in [6.45, 7) is 0.841. The third kappa shape index (κ3) is 2.27. The maximum atomic E-state index is 12.1. The number of β-lactam (4-membered cyclic amide) rings is 1. The molecule has 0 aromatic rings. The molecule has 0 unspecified atom stereocenters. The van der Waals surface area contributed by atoms with Gasteiger partial charge in [0, 0.05) is 18.2 Å². The Bertz CT molecular complexity index is 701. The summed E-state index contributed by atoms with van der Waals surface area (Å²) in [5.74, 6) is -3.14. The smallest absolute Gasteiger partial charge is 0.352 e. The normalized spacial score (nSPS) is 28.0. The van der Waals surface area contributed by atoms with Crippen LogP contribution >= 0.6 is 11.8 Å². The Morgan fingerprint density at radius 2 is 2.14 bits per heavy atom. The standard InChI is InChI=1S/C10H13N3O7S2/c1-4(14)20-2-5-3-21-9-10(11,22(12,18)19)8(17)13(9)6(5)7(15)16/h9H,2-3,11H2,1H3,(H,15,16)(H2,12,18,19)/t9-,10-/m1/s1. The highest BCUT2D eigenvalue weighted by Crippen LogP contribution is 2.46. The number of carbonyl (C=O) groups is 3. The number of fused-ring (bicyclic) bond motifs is 1. The van der Waals surface area contributed by atoms with Crippen molar-refractivity contribution in [2.45, 2.75) is 17.2 Å². The van der Waals surface area contributed by atoms with Gasteiger partial charge < -0.3 is 15.6 Å². The van der Waals surface area contributed by atoms with Crippen molar-refractivity contribution in [3.05, 3.63) is 11.3 Å². The van der Waals surface area contributed by atoms with E-state index in [2.05, 4.69) is 0 Å². The summed E-state index contributed by atoms with van der Waals surface area (Å²) >= 11 is 0.940. The van der Waals surface area contributed by atoms with Gasteiger partial charge in [0.15, 0.2) is 0 Å². The Morgan fingerprint density at radius 3 is 2.59 bits per heavy atom. The van der Waals surface area contributed by atoms with Gasteiger partial charge in [-0.05, 0) is 0 Å². The highest BCUT2D eigenvalue weighted by atomic mass is 32.2. The van der Waals surface area contributed by atoms with Gasteiger partial charge in [-0.1, -0.05) is 0 Å². The van der Waals surface area contributed by atoms with Crippen LogP contribution in [0.25, 0.3) is 0 Å². The van der Waals surface area contributed by atoms with E-state index in [0.717, 1.165) is 23.6 Å². The van der Waals surface area contributed by atoms with Gasteiger partial charge in [-0.15, -0.1) is 11.8 Å². The average molecular weight is 351 g/mol. The summed E-state index contributed by atoms with van der Waals surface area (Å²) in [6.07, 6.45) is 0. The average Bonchev–Trinajstić information content (AvgIpc) is 2.41. The minimum absolute atomic E-state index is 0.0395. The maximum absolute atomic E-state index is 12.1. The monoisotopic (exact) mass is 351 g/mol. The van der Waals surface area contributed by atoms with E-state index in [1.165, 1.54) is 0 Å². The molecular formula is C10H13N3O7S2. The molecule has 1 saturated heterocycles. The third-order valence-corrected chi connectivity index (χ3v) is 6.17. The molecule has 2 atom stereocenters. The fraction of sp³-hybridized carbons (Fsp3) is 0.500. The number of hydrogen-bond donors (Lipinski definition) is 3. The lowest BCUT2D eigenvalue weighted by Gasteiger charge is -2.53. The van der Waals surface area contributed by atoms with Crippen LogP contribution in [0, 0.1) is 0 Å². The molecule has 122 valence electrons. The number of carboxylic acids is 1. The fourth-order valence-corrected chi connectivity index (χ4v) is 4.79. The van der Waals surface area contributed by atoms with Crippen molar-refractivity contribution in [1.29, 1.82) is 0 Å². The Labute approximate surface area is 129 Å². The van der Waals surface area contributed by atoms with Crippen LogP contribution in [0.2, 0.25) is 0 Å². The van der Waals surface area contributed by atoms with E-state index in [0.29, 0.717) is 0 Å². The van der Waals surface area contributed by atoms with Gasteiger partial charge >= 0.3 is 11.9 Å². The minimum Gasteiger partial charge on any atom is -0.477 e. The van der Waals surface area contributed by atoms with Gasteiger partial charge in [0.1, 0.15) is 17.7 Å². The highest BCUT2D eigenvalue weighted by Gasteiger charge is 2.69. The number of nitrogens with zero attached hydrogens (tertiary/aromatic N) is 1. The molecule has 0 bridgehead atoms.